The molecule has 168 valence electrons. The van der Waals surface area contributed by atoms with Gasteiger partial charge in [0.1, 0.15) is 11.6 Å². The largest absolute Gasteiger partial charge is 0.460 e. The second-order valence-electron chi connectivity index (χ2n) is 6.88. The number of aryl methyl sites for hydroxylation is 1. The number of primary amides is 1. The molecule has 0 aliphatic carbocycles. The fraction of sp³-hybridized carbons (Fsp3) is 0.273. The van der Waals surface area contributed by atoms with Crippen molar-refractivity contribution in [1.82, 2.24) is 4.98 Å². The molecule has 32 heavy (non-hydrogen) atoms. The maximum Gasteiger partial charge on any atom is 0.341 e. The van der Waals surface area contributed by atoms with Gasteiger partial charge >= 0.3 is 5.97 Å². The Morgan fingerprint density at radius 3 is 2.66 bits per heavy atom. The van der Waals surface area contributed by atoms with Crippen molar-refractivity contribution in [3.8, 4) is 0 Å². The van der Waals surface area contributed by atoms with Gasteiger partial charge in [-0.2, -0.15) is 0 Å². The Hall–Kier alpha value is -2.95. The molecule has 0 atom stereocenters. The average molecular weight is 474 g/mol. The average Bonchev–Trinajstić information content (AvgIpc) is 3.08. The number of carbonyl (C=O) groups is 3. The zero-order valence-electron chi connectivity index (χ0n) is 17.9. The van der Waals surface area contributed by atoms with E-state index in [1.807, 2.05) is 37.3 Å². The van der Waals surface area contributed by atoms with Gasteiger partial charge in [0.2, 0.25) is 5.91 Å². The van der Waals surface area contributed by atoms with Crippen LogP contribution in [0.15, 0.2) is 35.4 Å². The number of esters is 1. The van der Waals surface area contributed by atoms with E-state index in [4.69, 9.17) is 15.2 Å². The Labute approximate surface area is 193 Å². The van der Waals surface area contributed by atoms with Crippen LogP contribution in [0.5, 0.6) is 0 Å². The van der Waals surface area contributed by atoms with Gasteiger partial charge in [0.05, 0.1) is 33.3 Å². The van der Waals surface area contributed by atoms with Crippen LogP contribution in [0, 0.1) is 13.8 Å². The molecule has 3 rings (SSSR count). The summed E-state index contributed by atoms with van der Waals surface area (Å²) in [6, 6.07) is 9.73. The number of pyridine rings is 1. The van der Waals surface area contributed by atoms with Crippen molar-refractivity contribution in [1.29, 1.82) is 0 Å². The van der Waals surface area contributed by atoms with Crippen LogP contribution in [-0.2, 0) is 14.3 Å². The van der Waals surface area contributed by atoms with Gasteiger partial charge < -0.3 is 20.5 Å². The Bertz CT molecular complexity index is 1180. The normalized spacial score (nSPS) is 10.8. The highest BCUT2D eigenvalue weighted by molar-refractivity contribution is 7.99. The summed E-state index contributed by atoms with van der Waals surface area (Å²) < 4.78 is 10.1. The summed E-state index contributed by atoms with van der Waals surface area (Å²) in [7, 11) is 1.49. The van der Waals surface area contributed by atoms with Crippen molar-refractivity contribution in [3.05, 3.63) is 51.9 Å². The molecule has 0 aliphatic heterocycles. The number of aromatic nitrogens is 1. The molecule has 2 amide bonds. The minimum absolute atomic E-state index is 0.0484. The van der Waals surface area contributed by atoms with Crippen LogP contribution in [-0.4, -0.2) is 48.8 Å². The first-order chi connectivity index (χ1) is 15.3. The van der Waals surface area contributed by atoms with Crippen LogP contribution in [0.4, 0.5) is 5.00 Å². The SMILES string of the molecule is COCCOC(=O)c1c(NC(=O)CSc2cc(C)c3ccccc3n2)sc(C(N)=O)c1C. The lowest BCUT2D eigenvalue weighted by molar-refractivity contribution is -0.113. The number of benzene rings is 1. The molecule has 8 nitrogen and oxygen atoms in total. The molecule has 0 aliphatic rings. The summed E-state index contributed by atoms with van der Waals surface area (Å²) in [5.41, 5.74) is 7.84. The molecule has 0 saturated carbocycles. The van der Waals surface area contributed by atoms with Gasteiger partial charge in [0.15, 0.2) is 0 Å². The number of methoxy groups -OCH3 is 1. The summed E-state index contributed by atoms with van der Waals surface area (Å²) in [6.45, 7) is 3.87. The summed E-state index contributed by atoms with van der Waals surface area (Å²) in [4.78, 5) is 41.7. The van der Waals surface area contributed by atoms with Crippen molar-refractivity contribution in [3.63, 3.8) is 0 Å². The van der Waals surface area contributed by atoms with E-state index in [2.05, 4.69) is 10.3 Å². The number of rotatable bonds is 9. The van der Waals surface area contributed by atoms with E-state index in [9.17, 15) is 14.4 Å². The van der Waals surface area contributed by atoms with Gasteiger partial charge in [-0.3, -0.25) is 9.59 Å². The Morgan fingerprint density at radius 1 is 1.19 bits per heavy atom. The van der Waals surface area contributed by atoms with Crippen LogP contribution >= 0.6 is 23.1 Å². The molecule has 10 heteroatoms. The second kappa shape index (κ2) is 10.6. The van der Waals surface area contributed by atoms with Crippen LogP contribution in [0.25, 0.3) is 10.9 Å². The van der Waals surface area contributed by atoms with Crippen molar-refractivity contribution < 1.29 is 23.9 Å². The van der Waals surface area contributed by atoms with Gasteiger partial charge in [0, 0.05) is 12.5 Å². The maximum atomic E-state index is 12.6. The highest BCUT2D eigenvalue weighted by atomic mass is 32.2. The van der Waals surface area contributed by atoms with E-state index in [-0.39, 0.29) is 40.3 Å². The molecule has 1 aromatic carbocycles. The third-order valence-electron chi connectivity index (χ3n) is 4.60. The molecule has 3 N–H and O–H groups in total. The third kappa shape index (κ3) is 5.45. The smallest absolute Gasteiger partial charge is 0.341 e. The maximum absolute atomic E-state index is 12.6. The monoisotopic (exact) mass is 473 g/mol. The lowest BCUT2D eigenvalue weighted by Crippen LogP contribution is -2.17. The van der Waals surface area contributed by atoms with Crippen LogP contribution < -0.4 is 11.1 Å². The van der Waals surface area contributed by atoms with Crippen LogP contribution in [0.3, 0.4) is 0 Å². The molecule has 0 unspecified atom stereocenters. The number of ether oxygens (including phenoxy) is 2. The summed E-state index contributed by atoms with van der Waals surface area (Å²) >= 11 is 2.23. The van der Waals surface area contributed by atoms with E-state index >= 15 is 0 Å². The quantitative estimate of drug-likeness (QED) is 0.277. The van der Waals surface area contributed by atoms with Crippen molar-refractivity contribution >= 4 is 56.8 Å². The number of thioether (sulfide) groups is 1. The number of thiophene rings is 1. The molecule has 3 aromatic rings. The number of para-hydroxylation sites is 1. The van der Waals surface area contributed by atoms with Crippen LogP contribution in [0.2, 0.25) is 0 Å². The minimum atomic E-state index is -0.677. The van der Waals surface area contributed by atoms with Gasteiger partial charge in [-0.25, -0.2) is 9.78 Å². The van der Waals surface area contributed by atoms with E-state index < -0.39 is 11.9 Å². The van der Waals surface area contributed by atoms with E-state index in [0.29, 0.717) is 5.56 Å². The molecule has 0 bridgehead atoms. The van der Waals surface area contributed by atoms with Crippen molar-refractivity contribution in [2.75, 3.05) is 31.4 Å². The molecule has 0 radical (unpaired) electrons. The first kappa shape index (κ1) is 23.7. The zero-order valence-corrected chi connectivity index (χ0v) is 19.5. The predicted octanol–water partition coefficient (Wildman–Crippen LogP) is 3.55. The van der Waals surface area contributed by atoms with E-state index in [1.54, 1.807) is 6.92 Å². The molecular formula is C22H23N3O5S2. The molecule has 2 heterocycles. The van der Waals surface area contributed by atoms with Crippen LogP contribution in [0.1, 0.15) is 31.2 Å². The van der Waals surface area contributed by atoms with Gasteiger partial charge in [-0.1, -0.05) is 30.0 Å². The summed E-state index contributed by atoms with van der Waals surface area (Å²) in [5, 5.41) is 4.72. The number of fused-ring (bicyclic) bond motifs is 1. The highest BCUT2D eigenvalue weighted by Crippen LogP contribution is 2.34. The Morgan fingerprint density at radius 2 is 1.94 bits per heavy atom. The number of hydrogen-bond donors (Lipinski definition) is 2. The first-order valence-electron chi connectivity index (χ1n) is 9.70. The predicted molar refractivity (Wildman–Crippen MR) is 126 cm³/mol. The number of nitrogens with two attached hydrogens (primary N) is 1. The summed E-state index contributed by atoms with van der Waals surface area (Å²) in [5.74, 6) is -1.60. The molecule has 0 fully saturated rings. The van der Waals surface area contributed by atoms with Gasteiger partial charge in [-0.15, -0.1) is 11.3 Å². The number of nitrogens with one attached hydrogen (secondary N) is 1. The topological polar surface area (TPSA) is 121 Å². The fourth-order valence-electron chi connectivity index (χ4n) is 3.07. The lowest BCUT2D eigenvalue weighted by Gasteiger charge is -2.09. The number of amides is 2. The first-order valence-corrected chi connectivity index (χ1v) is 11.5. The number of carbonyl (C=O) groups excluding carboxylic acids is 3. The molecule has 0 saturated heterocycles. The van der Waals surface area contributed by atoms with Gasteiger partial charge in [-0.05, 0) is 37.1 Å². The molecule has 0 spiro atoms. The lowest BCUT2D eigenvalue weighted by atomic mass is 10.1. The number of nitrogens with zero attached hydrogens (tertiary/aromatic N) is 1. The summed E-state index contributed by atoms with van der Waals surface area (Å²) in [6.07, 6.45) is 0. The zero-order chi connectivity index (χ0) is 23.3. The number of hydrogen-bond acceptors (Lipinski definition) is 8. The Balaban J connectivity index is 1.74. The standard InChI is InChI=1S/C22H23N3O5S2/c1-12-10-17(24-15-7-5-4-6-14(12)15)31-11-16(26)25-21-18(22(28)30-9-8-29-3)13(2)19(32-21)20(23)27/h4-7,10H,8-9,11H2,1-3H3,(H2,23,27)(H,25,26). The second-order valence-corrected chi connectivity index (χ2v) is 8.90. The van der Waals surface area contributed by atoms with Crippen molar-refractivity contribution in [2.45, 2.75) is 18.9 Å². The van der Waals surface area contributed by atoms with E-state index in [0.717, 1.165) is 32.8 Å². The van der Waals surface area contributed by atoms with Crippen molar-refractivity contribution in [2.24, 2.45) is 5.73 Å². The third-order valence-corrected chi connectivity index (χ3v) is 6.73. The fourth-order valence-corrected chi connectivity index (χ4v) is 4.90. The van der Waals surface area contributed by atoms with E-state index in [1.165, 1.54) is 18.9 Å². The highest BCUT2D eigenvalue weighted by Gasteiger charge is 2.26. The molecule has 2 aromatic heterocycles. The Kier molecular flexibility index (Phi) is 7.84. The van der Waals surface area contributed by atoms with Gasteiger partial charge in [0.25, 0.3) is 5.91 Å². The minimum Gasteiger partial charge on any atom is -0.460 e. The molecular weight excluding hydrogens is 450 g/mol. The number of anilines is 1.